The summed E-state index contributed by atoms with van der Waals surface area (Å²) in [6.07, 6.45) is -0.596. The highest BCUT2D eigenvalue weighted by Gasteiger charge is 2.31. The highest BCUT2D eigenvalue weighted by atomic mass is 32.1. The third-order valence-corrected chi connectivity index (χ3v) is 7.58. The van der Waals surface area contributed by atoms with Crippen LogP contribution in [0, 0.1) is 20.8 Å². The molecule has 2 heterocycles. The standard InChI is InChI=1S/C27H36N4O3S/c1-17-7-6-8-18(2)27(17)29-26(33)15-31-19(3)12-30(13-20(31)4)14-22(32)16-34-23-9-10-25-24(11-23)28-21(5)35-25/h6-11,19-20,22,32H,12-16H2,1-5H3,(H,29,33). The van der Waals surface area contributed by atoms with Crippen LogP contribution in [0.1, 0.15) is 30.0 Å². The number of aliphatic hydroxyl groups excluding tert-OH is 1. The Morgan fingerprint density at radius 3 is 2.54 bits per heavy atom. The highest BCUT2D eigenvalue weighted by molar-refractivity contribution is 7.18. The first kappa shape index (κ1) is 25.6. The summed E-state index contributed by atoms with van der Waals surface area (Å²) in [5.41, 5.74) is 3.98. The number of amides is 1. The third-order valence-electron chi connectivity index (χ3n) is 6.63. The lowest BCUT2D eigenvalue weighted by Gasteiger charge is -2.44. The number of thiazole rings is 1. The van der Waals surface area contributed by atoms with Crippen molar-refractivity contribution in [2.24, 2.45) is 0 Å². The molecule has 0 aliphatic carbocycles. The summed E-state index contributed by atoms with van der Waals surface area (Å²) in [6.45, 7) is 13.0. The van der Waals surface area contributed by atoms with Gasteiger partial charge in [-0.1, -0.05) is 18.2 Å². The van der Waals surface area contributed by atoms with Crippen molar-refractivity contribution < 1.29 is 14.6 Å². The molecule has 3 atom stereocenters. The van der Waals surface area contributed by atoms with E-state index in [9.17, 15) is 9.90 Å². The molecule has 0 radical (unpaired) electrons. The molecule has 1 aromatic heterocycles. The largest absolute Gasteiger partial charge is 0.491 e. The van der Waals surface area contributed by atoms with Gasteiger partial charge in [0.2, 0.25) is 5.91 Å². The van der Waals surface area contributed by atoms with Gasteiger partial charge in [-0.05, 0) is 57.9 Å². The Bertz CT molecular complexity index is 1150. The summed E-state index contributed by atoms with van der Waals surface area (Å²) in [6, 6.07) is 12.3. The van der Waals surface area contributed by atoms with E-state index in [2.05, 4.69) is 33.9 Å². The van der Waals surface area contributed by atoms with Crippen LogP contribution in [0.15, 0.2) is 36.4 Å². The molecule has 188 valence electrons. The minimum atomic E-state index is -0.596. The van der Waals surface area contributed by atoms with Gasteiger partial charge in [-0.25, -0.2) is 4.98 Å². The average Bonchev–Trinajstić information content (AvgIpc) is 3.17. The summed E-state index contributed by atoms with van der Waals surface area (Å²) in [5, 5.41) is 14.8. The fourth-order valence-corrected chi connectivity index (χ4v) is 5.75. The van der Waals surface area contributed by atoms with Crippen LogP contribution in [0.5, 0.6) is 5.75 Å². The number of benzene rings is 2. The van der Waals surface area contributed by atoms with Gasteiger partial charge in [-0.3, -0.25) is 14.6 Å². The van der Waals surface area contributed by atoms with Crippen LogP contribution in [0.2, 0.25) is 0 Å². The summed E-state index contributed by atoms with van der Waals surface area (Å²) in [5.74, 6) is 0.735. The number of hydrogen-bond donors (Lipinski definition) is 2. The second-order valence-electron chi connectivity index (χ2n) is 9.73. The molecule has 2 aromatic carbocycles. The zero-order chi connectivity index (χ0) is 25.1. The molecule has 0 spiro atoms. The Labute approximate surface area is 211 Å². The molecule has 1 aliphatic heterocycles. The van der Waals surface area contributed by atoms with Gasteiger partial charge in [0.25, 0.3) is 0 Å². The van der Waals surface area contributed by atoms with Crippen LogP contribution in [-0.2, 0) is 4.79 Å². The summed E-state index contributed by atoms with van der Waals surface area (Å²) in [4.78, 5) is 21.8. The van der Waals surface area contributed by atoms with Crippen LogP contribution in [0.4, 0.5) is 5.69 Å². The maximum absolute atomic E-state index is 12.8. The summed E-state index contributed by atoms with van der Waals surface area (Å²) < 4.78 is 6.99. The van der Waals surface area contributed by atoms with Gasteiger partial charge in [0.1, 0.15) is 18.5 Å². The van der Waals surface area contributed by atoms with Gasteiger partial charge in [0, 0.05) is 43.5 Å². The molecule has 8 heteroatoms. The third kappa shape index (κ3) is 6.38. The molecule has 1 aliphatic rings. The fourth-order valence-electron chi connectivity index (χ4n) is 4.94. The highest BCUT2D eigenvalue weighted by Crippen LogP contribution is 2.26. The summed E-state index contributed by atoms with van der Waals surface area (Å²) in [7, 11) is 0. The molecular formula is C27H36N4O3S. The Balaban J connectivity index is 1.26. The number of aryl methyl sites for hydroxylation is 3. The smallest absolute Gasteiger partial charge is 0.238 e. The van der Waals surface area contributed by atoms with E-state index in [1.807, 2.05) is 57.2 Å². The second-order valence-corrected chi connectivity index (χ2v) is 11.0. The van der Waals surface area contributed by atoms with Gasteiger partial charge in [0.15, 0.2) is 0 Å². The van der Waals surface area contributed by atoms with Crippen LogP contribution in [-0.4, -0.2) is 76.8 Å². The number of aliphatic hydroxyl groups is 1. The molecular weight excluding hydrogens is 460 g/mol. The van der Waals surface area contributed by atoms with Crippen molar-refractivity contribution >= 4 is 33.1 Å². The Morgan fingerprint density at radius 2 is 1.86 bits per heavy atom. The SMILES string of the molecule is Cc1nc2cc(OCC(O)CN3CC(C)N(CC(=O)Nc4c(C)cccc4C)C(C)C3)ccc2s1. The molecule has 1 saturated heterocycles. The number of rotatable bonds is 8. The van der Waals surface area contributed by atoms with Crippen molar-refractivity contribution in [2.75, 3.05) is 38.1 Å². The first-order valence-electron chi connectivity index (χ1n) is 12.2. The minimum Gasteiger partial charge on any atom is -0.491 e. The topological polar surface area (TPSA) is 77.9 Å². The van der Waals surface area contributed by atoms with E-state index in [-0.39, 0.29) is 24.6 Å². The maximum Gasteiger partial charge on any atom is 0.238 e. The lowest BCUT2D eigenvalue weighted by atomic mass is 10.1. The average molecular weight is 497 g/mol. The van der Waals surface area contributed by atoms with E-state index in [0.717, 1.165) is 50.9 Å². The second kappa shape index (κ2) is 11.0. The molecule has 2 N–H and O–H groups in total. The molecule has 4 rings (SSSR count). The van der Waals surface area contributed by atoms with Crippen LogP contribution >= 0.6 is 11.3 Å². The van der Waals surface area contributed by atoms with Crippen LogP contribution < -0.4 is 10.1 Å². The molecule has 1 amide bonds. The van der Waals surface area contributed by atoms with Gasteiger partial charge >= 0.3 is 0 Å². The predicted octanol–water partition coefficient (Wildman–Crippen LogP) is 3.99. The molecule has 1 fully saturated rings. The van der Waals surface area contributed by atoms with E-state index in [0.29, 0.717) is 13.1 Å². The minimum absolute atomic E-state index is 0.00950. The quantitative estimate of drug-likeness (QED) is 0.491. The van der Waals surface area contributed by atoms with Gasteiger partial charge < -0.3 is 15.2 Å². The normalized spacial score (nSPS) is 20.2. The number of anilines is 1. The van der Waals surface area contributed by atoms with Gasteiger partial charge in [-0.2, -0.15) is 0 Å². The van der Waals surface area contributed by atoms with Gasteiger partial charge in [0.05, 0.1) is 21.8 Å². The van der Waals surface area contributed by atoms with Crippen LogP contribution in [0.3, 0.4) is 0 Å². The van der Waals surface area contributed by atoms with Crippen molar-refractivity contribution in [3.05, 3.63) is 52.5 Å². The molecule has 3 aromatic rings. The molecule has 7 nitrogen and oxygen atoms in total. The number of piperazine rings is 1. The van der Waals surface area contributed by atoms with E-state index >= 15 is 0 Å². The number of fused-ring (bicyclic) bond motifs is 1. The van der Waals surface area contributed by atoms with E-state index in [1.165, 1.54) is 0 Å². The Morgan fingerprint density at radius 1 is 1.17 bits per heavy atom. The van der Waals surface area contributed by atoms with E-state index < -0.39 is 6.10 Å². The summed E-state index contributed by atoms with van der Waals surface area (Å²) >= 11 is 1.66. The van der Waals surface area contributed by atoms with Crippen molar-refractivity contribution in [1.82, 2.24) is 14.8 Å². The van der Waals surface area contributed by atoms with E-state index in [4.69, 9.17) is 4.74 Å². The van der Waals surface area contributed by atoms with Crippen molar-refractivity contribution in [3.63, 3.8) is 0 Å². The first-order chi connectivity index (χ1) is 16.7. The number of carbonyl (C=O) groups is 1. The molecule has 35 heavy (non-hydrogen) atoms. The van der Waals surface area contributed by atoms with Crippen molar-refractivity contribution in [1.29, 1.82) is 0 Å². The number of carbonyl (C=O) groups excluding carboxylic acids is 1. The van der Waals surface area contributed by atoms with E-state index in [1.54, 1.807) is 11.3 Å². The lowest BCUT2D eigenvalue weighted by molar-refractivity contribution is -0.119. The predicted molar refractivity (Wildman–Crippen MR) is 142 cm³/mol. The number of para-hydroxylation sites is 1. The van der Waals surface area contributed by atoms with Gasteiger partial charge in [-0.15, -0.1) is 11.3 Å². The molecule has 0 bridgehead atoms. The Kier molecular flexibility index (Phi) is 8.06. The maximum atomic E-state index is 12.8. The number of nitrogens with zero attached hydrogens (tertiary/aromatic N) is 3. The monoisotopic (exact) mass is 496 g/mol. The number of β-amino-alcohol motifs (C(OH)–C–C–N with tert-alkyl or cyclic N) is 1. The zero-order valence-electron chi connectivity index (χ0n) is 21.2. The lowest BCUT2D eigenvalue weighted by Crippen LogP contribution is -2.59. The first-order valence-corrected chi connectivity index (χ1v) is 13.0. The number of nitrogens with one attached hydrogen (secondary N) is 1. The number of hydrogen-bond acceptors (Lipinski definition) is 7. The number of aromatic nitrogens is 1. The Hall–Kier alpha value is -2.52. The molecule has 3 unspecified atom stereocenters. The van der Waals surface area contributed by atoms with Crippen LogP contribution in [0.25, 0.3) is 10.2 Å². The molecule has 0 saturated carbocycles. The van der Waals surface area contributed by atoms with Crippen molar-refractivity contribution in [2.45, 2.75) is 52.8 Å². The number of ether oxygens (including phenoxy) is 1. The van der Waals surface area contributed by atoms with Crippen molar-refractivity contribution in [3.8, 4) is 5.75 Å². The zero-order valence-corrected chi connectivity index (χ0v) is 22.1. The fraction of sp³-hybridized carbons (Fsp3) is 0.481.